The Balaban J connectivity index is 2.00. The van der Waals surface area contributed by atoms with Crippen LogP contribution in [0.5, 0.6) is 0 Å². The summed E-state index contributed by atoms with van der Waals surface area (Å²) in [4.78, 5) is 18.3. The molecular weight excluding hydrogens is 244 g/mol. The predicted octanol–water partition coefficient (Wildman–Crippen LogP) is 0.989. The molecule has 0 spiro atoms. The smallest absolute Gasteiger partial charge is 0.272 e. The van der Waals surface area contributed by atoms with Crippen LogP contribution in [0.15, 0.2) is 23.4 Å². The van der Waals surface area contributed by atoms with Gasteiger partial charge in [-0.2, -0.15) is 0 Å². The molecule has 1 aliphatic heterocycles. The second-order valence-electron chi connectivity index (χ2n) is 4.76. The number of oxime groups is 1. The minimum atomic E-state index is -0.0540. The highest BCUT2D eigenvalue weighted by molar-refractivity contribution is 5.92. The lowest BCUT2D eigenvalue weighted by atomic mass is 9.95. The van der Waals surface area contributed by atoms with Gasteiger partial charge < -0.3 is 15.8 Å². The Morgan fingerprint density at radius 2 is 2.16 bits per heavy atom. The second-order valence-corrected chi connectivity index (χ2v) is 4.76. The first kappa shape index (κ1) is 13.3. The van der Waals surface area contributed by atoms with Crippen molar-refractivity contribution in [2.24, 2.45) is 16.8 Å². The highest BCUT2D eigenvalue weighted by Gasteiger charge is 2.26. The van der Waals surface area contributed by atoms with Crippen LogP contribution in [0.1, 0.15) is 29.0 Å². The maximum Gasteiger partial charge on any atom is 0.272 e. The number of nitrogens with two attached hydrogens (primary N) is 1. The molecule has 0 atom stereocenters. The van der Waals surface area contributed by atoms with E-state index in [-0.39, 0.29) is 17.7 Å². The van der Waals surface area contributed by atoms with E-state index in [1.165, 1.54) is 0 Å². The quantitative estimate of drug-likeness (QED) is 0.360. The molecule has 3 N–H and O–H groups in total. The number of piperidine rings is 1. The highest BCUT2D eigenvalue weighted by Crippen LogP contribution is 2.18. The molecule has 0 unspecified atom stereocenters. The van der Waals surface area contributed by atoms with Gasteiger partial charge in [-0.05, 0) is 31.9 Å². The van der Waals surface area contributed by atoms with E-state index < -0.39 is 0 Å². The van der Waals surface area contributed by atoms with Gasteiger partial charge in [0.05, 0.1) is 0 Å². The van der Waals surface area contributed by atoms with Crippen molar-refractivity contribution in [2.45, 2.75) is 19.8 Å². The molecule has 2 heterocycles. The van der Waals surface area contributed by atoms with Crippen molar-refractivity contribution in [1.29, 1.82) is 0 Å². The van der Waals surface area contributed by atoms with Crippen molar-refractivity contribution in [3.63, 3.8) is 0 Å². The predicted molar refractivity (Wildman–Crippen MR) is 71.0 cm³/mol. The summed E-state index contributed by atoms with van der Waals surface area (Å²) in [6.45, 7) is 3.08. The molecule has 0 saturated carbocycles. The van der Waals surface area contributed by atoms with Crippen molar-refractivity contribution in [2.75, 3.05) is 13.1 Å². The lowest BCUT2D eigenvalue weighted by molar-refractivity contribution is 0.0703. The van der Waals surface area contributed by atoms with Crippen molar-refractivity contribution < 1.29 is 10.0 Å². The Hall–Kier alpha value is -2.11. The average molecular weight is 262 g/mol. The summed E-state index contributed by atoms with van der Waals surface area (Å²) in [7, 11) is 0. The third-order valence-electron chi connectivity index (χ3n) is 3.42. The van der Waals surface area contributed by atoms with Gasteiger partial charge in [-0.1, -0.05) is 11.2 Å². The van der Waals surface area contributed by atoms with Crippen LogP contribution in [0.25, 0.3) is 0 Å². The Bertz CT molecular complexity index is 493. The first-order chi connectivity index (χ1) is 9.11. The second kappa shape index (κ2) is 5.69. The summed E-state index contributed by atoms with van der Waals surface area (Å²) in [6.07, 6.45) is 1.43. The molecule has 1 aliphatic rings. The normalized spacial score (nSPS) is 17.5. The molecule has 19 heavy (non-hydrogen) atoms. The fourth-order valence-corrected chi connectivity index (χ4v) is 2.28. The SMILES string of the molecule is Cc1cccc(C(=O)N2CCC(C(N)=NO)CC2)n1. The Morgan fingerprint density at radius 1 is 1.47 bits per heavy atom. The Morgan fingerprint density at radius 3 is 2.74 bits per heavy atom. The molecule has 0 aromatic carbocycles. The fourth-order valence-electron chi connectivity index (χ4n) is 2.28. The number of nitrogens with zero attached hydrogens (tertiary/aromatic N) is 3. The summed E-state index contributed by atoms with van der Waals surface area (Å²) in [5.74, 6) is 0.252. The summed E-state index contributed by atoms with van der Waals surface area (Å²) in [5, 5.41) is 11.7. The Kier molecular flexibility index (Phi) is 3.99. The van der Waals surface area contributed by atoms with Crippen LogP contribution >= 0.6 is 0 Å². The van der Waals surface area contributed by atoms with Gasteiger partial charge >= 0.3 is 0 Å². The number of rotatable bonds is 2. The zero-order chi connectivity index (χ0) is 13.8. The lowest BCUT2D eigenvalue weighted by Crippen LogP contribution is -2.42. The highest BCUT2D eigenvalue weighted by atomic mass is 16.4. The number of aryl methyl sites for hydroxylation is 1. The van der Waals surface area contributed by atoms with E-state index in [4.69, 9.17) is 10.9 Å². The van der Waals surface area contributed by atoms with Crippen LogP contribution in [0, 0.1) is 12.8 Å². The largest absolute Gasteiger partial charge is 0.409 e. The summed E-state index contributed by atoms with van der Waals surface area (Å²) >= 11 is 0. The van der Waals surface area contributed by atoms with E-state index in [1.54, 1.807) is 11.0 Å². The molecule has 6 heteroatoms. The minimum Gasteiger partial charge on any atom is -0.409 e. The third kappa shape index (κ3) is 3.01. The molecule has 1 aromatic rings. The van der Waals surface area contributed by atoms with Crippen LogP contribution in [0.2, 0.25) is 0 Å². The molecule has 1 saturated heterocycles. The van der Waals surface area contributed by atoms with Crippen molar-refractivity contribution in [3.8, 4) is 0 Å². The van der Waals surface area contributed by atoms with Gasteiger partial charge in [-0.25, -0.2) is 4.98 Å². The maximum absolute atomic E-state index is 12.3. The van der Waals surface area contributed by atoms with Crippen molar-refractivity contribution in [3.05, 3.63) is 29.6 Å². The Labute approximate surface area is 111 Å². The molecule has 6 nitrogen and oxygen atoms in total. The van der Waals surface area contributed by atoms with Crippen molar-refractivity contribution >= 4 is 11.7 Å². The molecule has 102 valence electrons. The third-order valence-corrected chi connectivity index (χ3v) is 3.42. The van der Waals surface area contributed by atoms with E-state index in [0.29, 0.717) is 31.6 Å². The molecular formula is C13H18N4O2. The number of carbonyl (C=O) groups is 1. The zero-order valence-corrected chi connectivity index (χ0v) is 10.9. The summed E-state index contributed by atoms with van der Waals surface area (Å²) in [5.41, 5.74) is 6.89. The van der Waals surface area contributed by atoms with E-state index in [9.17, 15) is 4.79 Å². The molecule has 1 fully saturated rings. The van der Waals surface area contributed by atoms with Crippen molar-refractivity contribution in [1.82, 2.24) is 9.88 Å². The number of amides is 1. The number of hydrogen-bond donors (Lipinski definition) is 2. The molecule has 1 aromatic heterocycles. The average Bonchev–Trinajstić information content (AvgIpc) is 2.46. The van der Waals surface area contributed by atoms with Gasteiger partial charge in [-0.3, -0.25) is 4.79 Å². The first-order valence-corrected chi connectivity index (χ1v) is 6.32. The number of carbonyl (C=O) groups excluding carboxylic acids is 1. The van der Waals surface area contributed by atoms with Gasteiger partial charge in [0.15, 0.2) is 0 Å². The number of pyridine rings is 1. The van der Waals surface area contributed by atoms with E-state index in [1.807, 2.05) is 19.1 Å². The topological polar surface area (TPSA) is 91.8 Å². The maximum atomic E-state index is 12.3. The van der Waals surface area contributed by atoms with Crippen LogP contribution in [0.3, 0.4) is 0 Å². The minimum absolute atomic E-state index is 0.0540. The standard InChI is InChI=1S/C13H18N4O2/c1-9-3-2-4-11(15-9)13(18)17-7-5-10(6-8-17)12(14)16-19/h2-4,10,19H,5-8H2,1H3,(H2,14,16). The molecule has 0 radical (unpaired) electrons. The zero-order valence-electron chi connectivity index (χ0n) is 10.9. The van der Waals surface area contributed by atoms with Gasteiger partial charge in [-0.15, -0.1) is 0 Å². The van der Waals surface area contributed by atoms with E-state index >= 15 is 0 Å². The number of hydrogen-bond acceptors (Lipinski definition) is 4. The summed E-state index contributed by atoms with van der Waals surface area (Å²) < 4.78 is 0. The van der Waals surface area contributed by atoms with Gasteiger partial charge in [0.1, 0.15) is 11.5 Å². The summed E-state index contributed by atoms with van der Waals surface area (Å²) in [6, 6.07) is 5.42. The van der Waals surface area contributed by atoms with Crippen LogP contribution in [-0.2, 0) is 0 Å². The van der Waals surface area contributed by atoms with Crippen LogP contribution in [-0.4, -0.2) is 39.9 Å². The fraction of sp³-hybridized carbons (Fsp3) is 0.462. The monoisotopic (exact) mass is 262 g/mol. The van der Waals surface area contributed by atoms with E-state index in [0.717, 1.165) is 5.69 Å². The van der Waals surface area contributed by atoms with Gasteiger partial charge in [0.2, 0.25) is 0 Å². The number of likely N-dealkylation sites (tertiary alicyclic amines) is 1. The first-order valence-electron chi connectivity index (χ1n) is 6.32. The van der Waals surface area contributed by atoms with Gasteiger partial charge in [0.25, 0.3) is 5.91 Å². The lowest BCUT2D eigenvalue weighted by Gasteiger charge is -2.31. The number of aromatic nitrogens is 1. The van der Waals surface area contributed by atoms with E-state index in [2.05, 4.69) is 10.1 Å². The molecule has 0 bridgehead atoms. The molecule has 2 rings (SSSR count). The van der Waals surface area contributed by atoms with Gasteiger partial charge in [0, 0.05) is 24.7 Å². The molecule has 0 aliphatic carbocycles. The van der Waals surface area contributed by atoms with Crippen LogP contribution < -0.4 is 5.73 Å². The number of amidine groups is 1. The van der Waals surface area contributed by atoms with Crippen LogP contribution in [0.4, 0.5) is 0 Å². The molecule has 1 amide bonds.